The molecule has 1 saturated heterocycles. The van der Waals surface area contributed by atoms with Gasteiger partial charge in [0.25, 0.3) is 0 Å². The highest BCUT2D eigenvalue weighted by molar-refractivity contribution is 7.26. The van der Waals surface area contributed by atoms with Gasteiger partial charge in [0.2, 0.25) is 4.70 Å². The maximum atomic E-state index is 12.6. The zero-order valence-electron chi connectivity index (χ0n) is 17.8. The van der Waals surface area contributed by atoms with Gasteiger partial charge >= 0.3 is 5.56 Å². The van der Waals surface area contributed by atoms with Crippen molar-refractivity contribution in [3.63, 3.8) is 0 Å². The van der Waals surface area contributed by atoms with Crippen molar-refractivity contribution in [3.05, 3.63) is 51.8 Å². The van der Waals surface area contributed by atoms with Gasteiger partial charge in [-0.3, -0.25) is 9.69 Å². The van der Waals surface area contributed by atoms with Gasteiger partial charge < -0.3 is 18.9 Å². The van der Waals surface area contributed by atoms with E-state index in [9.17, 15) is 9.35 Å². The van der Waals surface area contributed by atoms with Gasteiger partial charge in [0, 0.05) is 54.3 Å². The van der Waals surface area contributed by atoms with Gasteiger partial charge in [-0.2, -0.15) is 0 Å². The average molecular weight is 476 g/mol. The molecule has 0 N–H and O–H groups in total. The standard InChI is InChI=1S/C23H26ClN3O4S/c24-17-15-19(22-20(16-17)30-13-14-31-22)26-11-9-25(10-12-26)7-3-4-8-27-23(28)18-5-1-2-6-21(18)32(27)29/h1-2,5-6,15-16H,3-4,7-14H2. The van der Waals surface area contributed by atoms with Gasteiger partial charge in [0.1, 0.15) is 18.6 Å². The second-order valence-electron chi connectivity index (χ2n) is 8.14. The van der Waals surface area contributed by atoms with Crippen LogP contribution in [0.3, 0.4) is 0 Å². The first-order valence-electron chi connectivity index (χ1n) is 11.0. The lowest BCUT2D eigenvalue weighted by atomic mass is 10.2. The summed E-state index contributed by atoms with van der Waals surface area (Å²) in [7, 11) is -1.37. The fraction of sp³-hybridized carbons (Fsp3) is 0.435. The summed E-state index contributed by atoms with van der Waals surface area (Å²) < 4.78 is 26.3. The summed E-state index contributed by atoms with van der Waals surface area (Å²) >= 11 is 6.30. The fourth-order valence-corrected chi connectivity index (χ4v) is 5.97. The van der Waals surface area contributed by atoms with Crippen molar-refractivity contribution in [3.8, 4) is 11.5 Å². The molecule has 0 bridgehead atoms. The largest absolute Gasteiger partial charge is 0.570 e. The number of fused-ring (bicyclic) bond motifs is 2. The number of unbranched alkanes of at least 4 members (excludes halogenated alkanes) is 1. The Hall–Kier alpha value is -2.26. The van der Waals surface area contributed by atoms with E-state index >= 15 is 0 Å². The molecule has 5 rings (SSSR count). The van der Waals surface area contributed by atoms with Crippen LogP contribution in [-0.4, -0.2) is 59.3 Å². The number of hydrogen-bond donors (Lipinski definition) is 0. The molecular weight excluding hydrogens is 450 g/mol. The van der Waals surface area contributed by atoms with Crippen LogP contribution in [0.2, 0.25) is 5.02 Å². The summed E-state index contributed by atoms with van der Waals surface area (Å²) in [5.74, 6) is 1.51. The lowest BCUT2D eigenvalue weighted by Gasteiger charge is -2.37. The Morgan fingerprint density at radius 3 is 2.56 bits per heavy atom. The van der Waals surface area contributed by atoms with E-state index in [1.807, 2.05) is 24.3 Å². The summed E-state index contributed by atoms with van der Waals surface area (Å²) in [6, 6.07) is 10.9. The maximum absolute atomic E-state index is 12.6. The number of benzene rings is 2. The molecule has 3 heterocycles. The molecule has 0 aliphatic carbocycles. The van der Waals surface area contributed by atoms with E-state index in [1.165, 1.54) is 3.96 Å². The van der Waals surface area contributed by atoms with Crippen LogP contribution in [0.5, 0.6) is 11.5 Å². The minimum Gasteiger partial charge on any atom is -0.570 e. The first-order valence-corrected chi connectivity index (χ1v) is 12.5. The number of nitrogens with zero attached hydrogens (tertiary/aromatic N) is 3. The number of ether oxygens (including phenoxy) is 2. The van der Waals surface area contributed by atoms with Crippen molar-refractivity contribution in [2.45, 2.75) is 19.4 Å². The van der Waals surface area contributed by atoms with Crippen LogP contribution < -0.4 is 19.9 Å². The summed E-state index contributed by atoms with van der Waals surface area (Å²) in [6.45, 7) is 6.25. The van der Waals surface area contributed by atoms with Gasteiger partial charge in [0.05, 0.1) is 12.2 Å². The molecule has 170 valence electrons. The van der Waals surface area contributed by atoms with E-state index in [1.54, 1.807) is 12.1 Å². The molecule has 1 unspecified atom stereocenters. The Labute approximate surface area is 194 Å². The van der Waals surface area contributed by atoms with Crippen LogP contribution in [0, 0.1) is 0 Å². The van der Waals surface area contributed by atoms with Crippen molar-refractivity contribution in [2.75, 3.05) is 50.8 Å². The quantitative estimate of drug-likeness (QED) is 0.399. The predicted molar refractivity (Wildman–Crippen MR) is 127 cm³/mol. The van der Waals surface area contributed by atoms with Crippen molar-refractivity contribution < 1.29 is 14.0 Å². The third-order valence-corrected chi connectivity index (χ3v) is 7.82. The second kappa shape index (κ2) is 9.31. The highest BCUT2D eigenvalue weighted by atomic mass is 35.5. The molecule has 2 aliphatic heterocycles. The molecule has 2 aromatic carbocycles. The fourth-order valence-electron chi connectivity index (χ4n) is 4.45. The third-order valence-electron chi connectivity index (χ3n) is 6.12. The normalized spacial score (nSPS) is 17.2. The van der Waals surface area contributed by atoms with E-state index in [2.05, 4.69) is 9.80 Å². The van der Waals surface area contributed by atoms with Crippen LogP contribution in [0.1, 0.15) is 12.8 Å². The zero-order chi connectivity index (χ0) is 22.1. The summed E-state index contributed by atoms with van der Waals surface area (Å²) in [6.07, 6.45) is 1.79. The Balaban J connectivity index is 1.14. The summed E-state index contributed by atoms with van der Waals surface area (Å²) in [5, 5.41) is 1.22. The number of anilines is 1. The van der Waals surface area contributed by atoms with Crippen molar-refractivity contribution in [1.82, 2.24) is 8.86 Å². The first-order chi connectivity index (χ1) is 15.6. The van der Waals surface area contributed by atoms with Gasteiger partial charge in [-0.15, -0.1) is 3.96 Å². The van der Waals surface area contributed by atoms with E-state index in [-0.39, 0.29) is 5.56 Å². The predicted octanol–water partition coefficient (Wildman–Crippen LogP) is 3.76. The smallest absolute Gasteiger partial charge is 0.304 e. The van der Waals surface area contributed by atoms with Crippen LogP contribution >= 0.6 is 22.5 Å². The molecule has 1 aromatic heterocycles. The summed E-state index contributed by atoms with van der Waals surface area (Å²) in [5.41, 5.74) is 0.880. The van der Waals surface area contributed by atoms with E-state index < -0.39 is 10.9 Å². The van der Waals surface area contributed by atoms with E-state index in [0.717, 1.165) is 62.8 Å². The van der Waals surface area contributed by atoms with Crippen LogP contribution in [0.4, 0.5) is 5.69 Å². The molecule has 1 fully saturated rings. The lowest BCUT2D eigenvalue weighted by molar-refractivity contribution is 0.171. The van der Waals surface area contributed by atoms with Gasteiger partial charge in [-0.1, -0.05) is 23.7 Å². The molecule has 3 aromatic rings. The van der Waals surface area contributed by atoms with E-state index in [0.29, 0.717) is 34.9 Å². The molecule has 0 amide bonds. The minimum atomic E-state index is -1.37. The van der Waals surface area contributed by atoms with E-state index in [4.69, 9.17) is 21.1 Å². The SMILES string of the molecule is O=c1c2ccccc2[s+]([O-])n1CCCCN1CCN(c2cc(Cl)cc3c2OCCO3)CC1. The lowest BCUT2D eigenvalue weighted by Crippen LogP contribution is -2.46. The zero-order valence-corrected chi connectivity index (χ0v) is 19.4. The molecule has 1 atom stereocenters. The highest BCUT2D eigenvalue weighted by Crippen LogP contribution is 2.42. The number of piperazine rings is 1. The molecule has 0 radical (unpaired) electrons. The molecule has 7 nitrogen and oxygen atoms in total. The van der Waals surface area contributed by atoms with Crippen LogP contribution in [0.25, 0.3) is 10.1 Å². The molecule has 2 aliphatic rings. The number of halogens is 1. The van der Waals surface area contributed by atoms with Gasteiger partial charge in [-0.05, 0) is 31.5 Å². The summed E-state index contributed by atoms with van der Waals surface area (Å²) in [4.78, 5) is 17.2. The Kier molecular flexibility index (Phi) is 6.28. The monoisotopic (exact) mass is 475 g/mol. The Morgan fingerprint density at radius 2 is 1.75 bits per heavy atom. The Bertz CT molecular complexity index is 1170. The van der Waals surface area contributed by atoms with Crippen molar-refractivity contribution in [2.24, 2.45) is 0 Å². The second-order valence-corrected chi connectivity index (χ2v) is 9.95. The first kappa shape index (κ1) is 21.6. The highest BCUT2D eigenvalue weighted by Gasteiger charge is 2.24. The molecular formula is C23H26ClN3O4S. The van der Waals surface area contributed by atoms with Gasteiger partial charge in [0.15, 0.2) is 11.5 Å². The van der Waals surface area contributed by atoms with Crippen LogP contribution in [0.15, 0.2) is 41.2 Å². The molecule has 0 spiro atoms. The Morgan fingerprint density at radius 1 is 1.00 bits per heavy atom. The van der Waals surface area contributed by atoms with Crippen molar-refractivity contribution in [1.29, 1.82) is 0 Å². The molecule has 9 heteroatoms. The van der Waals surface area contributed by atoms with Gasteiger partial charge in [-0.25, -0.2) is 0 Å². The molecule has 0 saturated carbocycles. The molecule has 32 heavy (non-hydrogen) atoms. The topological polar surface area (TPSA) is 70.0 Å². The van der Waals surface area contributed by atoms with Crippen molar-refractivity contribution >= 4 is 38.3 Å². The minimum absolute atomic E-state index is 0.122. The number of hydrogen-bond acceptors (Lipinski definition) is 6. The maximum Gasteiger partial charge on any atom is 0.304 e. The average Bonchev–Trinajstić information content (AvgIpc) is 3.06. The van der Waals surface area contributed by atoms with Crippen LogP contribution in [-0.2, 0) is 6.54 Å². The number of aromatic nitrogens is 1. The number of rotatable bonds is 6. The third kappa shape index (κ3) is 4.20.